The molecule has 0 aliphatic carbocycles. The highest BCUT2D eigenvalue weighted by Crippen LogP contribution is 2.12. The summed E-state index contributed by atoms with van der Waals surface area (Å²) in [6, 6.07) is 0. The molecule has 0 heterocycles. The van der Waals surface area contributed by atoms with Gasteiger partial charge in [-0.25, -0.2) is 5.43 Å². The van der Waals surface area contributed by atoms with Gasteiger partial charge in [-0.2, -0.15) is 9.89 Å². The lowest BCUT2D eigenvalue weighted by Gasteiger charge is -2.07. The monoisotopic (exact) mass is 293 g/mol. The first kappa shape index (κ1) is 18.7. The molecular weight excluding hydrogens is 270 g/mol. The first-order valence-corrected chi connectivity index (χ1v) is 6.85. The van der Waals surface area contributed by atoms with Gasteiger partial charge in [-0.05, 0) is 32.1 Å². The van der Waals surface area contributed by atoms with E-state index in [1.807, 2.05) is 6.92 Å². The molecule has 0 aromatic heterocycles. The molecule has 0 bridgehead atoms. The molecule has 2 N–H and O–H groups in total. The van der Waals surface area contributed by atoms with Crippen LogP contribution in [-0.2, 0) is 9.59 Å². The maximum atomic E-state index is 11.3. The predicted molar refractivity (Wildman–Crippen MR) is 81.8 cm³/mol. The van der Waals surface area contributed by atoms with Gasteiger partial charge in [0.2, 0.25) is 0 Å². The van der Waals surface area contributed by atoms with E-state index in [1.165, 1.54) is 5.57 Å². The van der Waals surface area contributed by atoms with E-state index in [1.54, 1.807) is 6.21 Å². The van der Waals surface area contributed by atoms with Crippen LogP contribution in [0.15, 0.2) is 17.3 Å². The molecule has 0 rings (SSSR count). The second-order valence-electron chi connectivity index (χ2n) is 5.00. The van der Waals surface area contributed by atoms with Crippen molar-refractivity contribution in [3.8, 4) is 0 Å². The van der Waals surface area contributed by atoms with Crippen LogP contribution >= 0.6 is 0 Å². The number of allylic oxidation sites excluding steroid dienone is 1. The number of nitrogens with one attached hydrogen (secondary N) is 2. The Morgan fingerprint density at radius 3 is 2.81 bits per heavy atom. The van der Waals surface area contributed by atoms with Gasteiger partial charge in [0, 0.05) is 6.21 Å². The molecule has 116 valence electrons. The Bertz CT molecular complexity index is 439. The Labute approximate surface area is 125 Å². The van der Waals surface area contributed by atoms with E-state index in [0.717, 1.165) is 25.7 Å². The fraction of sp³-hybridized carbons (Fsp3) is 0.571. The summed E-state index contributed by atoms with van der Waals surface area (Å²) >= 11 is 0. The largest absolute Gasteiger partial charge is 0.361 e. The Morgan fingerprint density at radius 2 is 2.19 bits per heavy atom. The zero-order chi connectivity index (χ0) is 16.1. The molecule has 0 aliphatic heterocycles. The predicted octanol–water partition coefficient (Wildman–Crippen LogP) is 1.28. The molecule has 0 saturated carbocycles. The number of carbonyl (C=O) groups is 2. The lowest BCUT2D eigenvalue weighted by Crippen LogP contribution is -2.35. The fourth-order valence-corrected chi connectivity index (χ4v) is 1.53. The molecule has 0 fully saturated rings. The highest BCUT2D eigenvalue weighted by atomic mass is 16.2. The molecule has 0 saturated heterocycles. The van der Waals surface area contributed by atoms with Crippen molar-refractivity contribution in [2.24, 2.45) is 11.0 Å². The molecule has 0 spiro atoms. The van der Waals surface area contributed by atoms with Gasteiger partial charge in [-0.15, -0.1) is 6.58 Å². The Kier molecular flexibility index (Phi) is 10.3. The number of hydrogen-bond donors (Lipinski definition) is 2. The van der Waals surface area contributed by atoms with Crippen molar-refractivity contribution < 1.29 is 14.4 Å². The third-order valence-electron chi connectivity index (χ3n) is 2.69. The third kappa shape index (κ3) is 12.5. The van der Waals surface area contributed by atoms with Crippen molar-refractivity contribution in [3.05, 3.63) is 17.7 Å². The first-order chi connectivity index (χ1) is 9.95. The van der Waals surface area contributed by atoms with Crippen LogP contribution in [0.25, 0.3) is 5.53 Å². The molecule has 0 aromatic carbocycles. The van der Waals surface area contributed by atoms with Gasteiger partial charge in [0.15, 0.2) is 0 Å². The zero-order valence-corrected chi connectivity index (χ0v) is 12.6. The van der Waals surface area contributed by atoms with E-state index in [0.29, 0.717) is 12.1 Å². The number of nitrogens with zero attached hydrogens (tertiary/aromatic N) is 3. The van der Waals surface area contributed by atoms with Gasteiger partial charge in [0.05, 0.1) is 6.54 Å². The Morgan fingerprint density at radius 1 is 1.48 bits per heavy atom. The van der Waals surface area contributed by atoms with Crippen molar-refractivity contribution in [2.75, 3.05) is 6.54 Å². The SMILES string of the molecule is C=C(C)CCC[C@H](C)C/C=N/NC(=O)CNC(=O)C=[N+]=[N-]. The quantitative estimate of drug-likeness (QED) is 0.208. The molecule has 0 unspecified atom stereocenters. The van der Waals surface area contributed by atoms with Crippen LogP contribution in [0.2, 0.25) is 0 Å². The topological polar surface area (TPSA) is 107 Å². The standard InChI is InChI=1S/C14H23N5O2/c1-11(2)5-4-6-12(3)7-8-18-19-14(21)9-16-13(20)10-17-15/h8,10,12H,1,4-7,9H2,2-3H3,(H,16,20)(H,19,21)/b18-8+/t12-/m0/s1. The molecule has 0 aliphatic rings. The summed E-state index contributed by atoms with van der Waals surface area (Å²) in [5.74, 6) is -0.603. The number of hydrogen-bond acceptors (Lipinski definition) is 3. The van der Waals surface area contributed by atoms with Gasteiger partial charge in [0.25, 0.3) is 5.91 Å². The normalized spacial score (nSPS) is 11.5. The van der Waals surface area contributed by atoms with Crippen molar-refractivity contribution in [3.63, 3.8) is 0 Å². The summed E-state index contributed by atoms with van der Waals surface area (Å²) in [5, 5.41) is 6.03. The Balaban J connectivity index is 3.74. The Hall–Kier alpha value is -2.27. The van der Waals surface area contributed by atoms with Crippen molar-refractivity contribution in [1.29, 1.82) is 0 Å². The maximum Gasteiger partial charge on any atom is 0.344 e. The van der Waals surface area contributed by atoms with Crippen LogP contribution < -0.4 is 10.7 Å². The number of hydrazone groups is 1. The highest BCUT2D eigenvalue weighted by Gasteiger charge is 2.05. The van der Waals surface area contributed by atoms with Crippen molar-refractivity contribution in [1.82, 2.24) is 10.7 Å². The van der Waals surface area contributed by atoms with E-state index in [9.17, 15) is 9.59 Å². The van der Waals surface area contributed by atoms with Crippen molar-refractivity contribution >= 4 is 24.2 Å². The lowest BCUT2D eigenvalue weighted by molar-refractivity contribution is -0.124. The fourth-order valence-electron chi connectivity index (χ4n) is 1.53. The summed E-state index contributed by atoms with van der Waals surface area (Å²) in [6.45, 7) is 7.78. The molecule has 2 amide bonds. The summed E-state index contributed by atoms with van der Waals surface area (Å²) in [7, 11) is 0. The summed E-state index contributed by atoms with van der Waals surface area (Å²) in [4.78, 5) is 24.7. The van der Waals surface area contributed by atoms with Gasteiger partial charge < -0.3 is 10.8 Å². The smallest absolute Gasteiger partial charge is 0.344 e. The minimum absolute atomic E-state index is 0.226. The summed E-state index contributed by atoms with van der Waals surface area (Å²) in [6.07, 6.45) is 6.33. The maximum absolute atomic E-state index is 11.3. The van der Waals surface area contributed by atoms with E-state index in [-0.39, 0.29) is 6.54 Å². The average Bonchev–Trinajstić information content (AvgIpc) is 2.41. The van der Waals surface area contributed by atoms with Crippen LogP contribution in [0.4, 0.5) is 0 Å². The molecule has 7 heteroatoms. The second-order valence-corrected chi connectivity index (χ2v) is 5.00. The van der Waals surface area contributed by atoms with Crippen molar-refractivity contribution in [2.45, 2.75) is 39.5 Å². The summed E-state index contributed by atoms with van der Waals surface area (Å²) in [5.41, 5.74) is 11.6. The first-order valence-electron chi connectivity index (χ1n) is 6.85. The summed E-state index contributed by atoms with van der Waals surface area (Å²) < 4.78 is 0. The van der Waals surface area contributed by atoms with Crippen LogP contribution in [0, 0.1) is 5.92 Å². The molecule has 21 heavy (non-hydrogen) atoms. The second kappa shape index (κ2) is 11.5. The van der Waals surface area contributed by atoms with E-state index in [4.69, 9.17) is 5.53 Å². The molecule has 7 nitrogen and oxygen atoms in total. The van der Waals surface area contributed by atoms with Gasteiger partial charge >= 0.3 is 12.1 Å². The van der Waals surface area contributed by atoms with E-state index < -0.39 is 11.8 Å². The van der Waals surface area contributed by atoms with Crippen LogP contribution in [0.5, 0.6) is 0 Å². The molecule has 0 radical (unpaired) electrons. The minimum Gasteiger partial charge on any atom is -0.361 e. The molecular formula is C14H23N5O2. The third-order valence-corrected chi connectivity index (χ3v) is 2.69. The lowest BCUT2D eigenvalue weighted by atomic mass is 10.00. The van der Waals surface area contributed by atoms with Crippen LogP contribution in [-0.4, -0.2) is 35.6 Å². The van der Waals surface area contributed by atoms with E-state index in [2.05, 4.69) is 34.1 Å². The average molecular weight is 293 g/mol. The number of rotatable bonds is 10. The van der Waals surface area contributed by atoms with Crippen LogP contribution in [0.1, 0.15) is 39.5 Å². The van der Waals surface area contributed by atoms with Gasteiger partial charge in [-0.3, -0.25) is 9.59 Å². The molecule has 1 atom stereocenters. The number of amides is 2. The van der Waals surface area contributed by atoms with Crippen LogP contribution in [0.3, 0.4) is 0 Å². The minimum atomic E-state index is -0.650. The number of carbonyl (C=O) groups excluding carboxylic acids is 2. The zero-order valence-electron chi connectivity index (χ0n) is 12.6. The van der Waals surface area contributed by atoms with Gasteiger partial charge in [-0.1, -0.05) is 18.9 Å². The highest BCUT2D eigenvalue weighted by molar-refractivity contribution is 6.24. The van der Waals surface area contributed by atoms with Gasteiger partial charge in [0.1, 0.15) is 0 Å². The van der Waals surface area contributed by atoms with E-state index >= 15 is 0 Å². The molecule has 0 aromatic rings.